The van der Waals surface area contributed by atoms with Crippen LogP contribution in [-0.4, -0.2) is 35.9 Å². The summed E-state index contributed by atoms with van der Waals surface area (Å²) < 4.78 is 16.4. The lowest BCUT2D eigenvalue weighted by atomic mass is 10.0. The Kier molecular flexibility index (Phi) is 6.14. The van der Waals surface area contributed by atoms with Crippen LogP contribution in [0.2, 0.25) is 0 Å². The van der Waals surface area contributed by atoms with Gasteiger partial charge in [0.1, 0.15) is 5.60 Å². The third kappa shape index (κ3) is 5.75. The van der Waals surface area contributed by atoms with Crippen molar-refractivity contribution in [1.82, 2.24) is 10.3 Å². The fourth-order valence-electron chi connectivity index (χ4n) is 2.80. The largest absolute Gasteiger partial charge is 0.444 e. The van der Waals surface area contributed by atoms with Gasteiger partial charge in [0.2, 0.25) is 5.96 Å². The van der Waals surface area contributed by atoms with E-state index >= 15 is 0 Å². The number of nitrogens with zero attached hydrogens (tertiary/aromatic N) is 2. The van der Waals surface area contributed by atoms with Crippen LogP contribution in [0.1, 0.15) is 38.2 Å². The van der Waals surface area contributed by atoms with Gasteiger partial charge in [-0.25, -0.2) is 9.79 Å². The normalized spacial score (nSPS) is 15.4. The number of nitrogens with two attached hydrogens (primary N) is 1. The molecule has 0 aliphatic carbocycles. The summed E-state index contributed by atoms with van der Waals surface area (Å²) in [6.07, 6.45) is 0.538. The molecule has 0 saturated carbocycles. The third-order valence-corrected chi connectivity index (χ3v) is 3.99. The van der Waals surface area contributed by atoms with Crippen LogP contribution in [-0.2, 0) is 14.2 Å². The van der Waals surface area contributed by atoms with Crippen LogP contribution in [0.3, 0.4) is 0 Å². The van der Waals surface area contributed by atoms with Gasteiger partial charge in [-0.2, -0.15) is 0 Å². The van der Waals surface area contributed by atoms with Gasteiger partial charge in [-0.1, -0.05) is 12.1 Å². The topological polar surface area (TPSA) is 108 Å². The van der Waals surface area contributed by atoms with Crippen molar-refractivity contribution in [1.29, 1.82) is 0 Å². The number of hydrogen-bond donors (Lipinski definition) is 2. The van der Waals surface area contributed by atoms with Gasteiger partial charge in [0.05, 0.1) is 24.6 Å². The van der Waals surface area contributed by atoms with Gasteiger partial charge in [-0.3, -0.25) is 10.3 Å². The zero-order valence-electron chi connectivity index (χ0n) is 17.1. The van der Waals surface area contributed by atoms with Gasteiger partial charge in [0.15, 0.2) is 6.29 Å². The van der Waals surface area contributed by atoms with Crippen molar-refractivity contribution in [2.45, 2.75) is 39.6 Å². The predicted molar refractivity (Wildman–Crippen MR) is 110 cm³/mol. The SMILES string of the molecule is Cc1ccnc(-c2ccc(C3OCCO3)c(N=C(N)NC(=O)OC(C)(C)C)c2)c1. The van der Waals surface area contributed by atoms with Gasteiger partial charge in [-0.15, -0.1) is 0 Å². The quantitative estimate of drug-likeness (QED) is 0.604. The fourth-order valence-corrected chi connectivity index (χ4v) is 2.80. The molecule has 0 unspecified atom stereocenters. The maximum atomic E-state index is 12.0. The second kappa shape index (κ2) is 8.59. The molecule has 0 radical (unpaired) electrons. The van der Waals surface area contributed by atoms with Crippen LogP contribution in [0.25, 0.3) is 11.3 Å². The van der Waals surface area contributed by atoms with E-state index in [1.807, 2.05) is 37.3 Å². The van der Waals surface area contributed by atoms with Crippen molar-refractivity contribution in [3.05, 3.63) is 47.7 Å². The van der Waals surface area contributed by atoms with Crippen molar-refractivity contribution in [3.8, 4) is 11.3 Å². The number of nitrogens with one attached hydrogen (secondary N) is 1. The lowest BCUT2D eigenvalue weighted by molar-refractivity contribution is -0.0436. The molecule has 29 heavy (non-hydrogen) atoms. The Balaban J connectivity index is 1.92. The summed E-state index contributed by atoms with van der Waals surface area (Å²) in [5, 5.41) is 2.44. The molecule has 8 nitrogen and oxygen atoms in total. The smallest absolute Gasteiger partial charge is 0.414 e. The van der Waals surface area contributed by atoms with E-state index in [1.54, 1.807) is 27.0 Å². The summed E-state index contributed by atoms with van der Waals surface area (Å²) in [5.41, 5.74) is 9.30. The lowest BCUT2D eigenvalue weighted by Gasteiger charge is -2.19. The number of benzene rings is 1. The van der Waals surface area contributed by atoms with Crippen molar-refractivity contribution < 1.29 is 19.0 Å². The number of aromatic nitrogens is 1. The first-order valence-electron chi connectivity index (χ1n) is 9.35. The van der Waals surface area contributed by atoms with Crippen LogP contribution in [0.4, 0.5) is 10.5 Å². The zero-order valence-corrected chi connectivity index (χ0v) is 17.1. The van der Waals surface area contributed by atoms with Gasteiger partial charge < -0.3 is 19.9 Å². The summed E-state index contributed by atoms with van der Waals surface area (Å²) in [6, 6.07) is 9.55. The number of aryl methyl sites for hydroxylation is 1. The van der Waals surface area contributed by atoms with E-state index < -0.39 is 18.0 Å². The van der Waals surface area contributed by atoms with E-state index in [-0.39, 0.29) is 5.96 Å². The molecule has 2 aromatic rings. The summed E-state index contributed by atoms with van der Waals surface area (Å²) in [6.45, 7) is 8.31. The highest BCUT2D eigenvalue weighted by Gasteiger charge is 2.23. The van der Waals surface area contributed by atoms with Crippen molar-refractivity contribution >= 4 is 17.7 Å². The number of ether oxygens (including phenoxy) is 3. The molecule has 0 bridgehead atoms. The first-order chi connectivity index (χ1) is 13.7. The monoisotopic (exact) mass is 398 g/mol. The summed E-state index contributed by atoms with van der Waals surface area (Å²) >= 11 is 0. The molecule has 1 aliphatic rings. The average molecular weight is 398 g/mol. The number of pyridine rings is 1. The van der Waals surface area contributed by atoms with Gasteiger partial charge in [0, 0.05) is 17.3 Å². The number of carbonyl (C=O) groups is 1. The van der Waals surface area contributed by atoms with Crippen molar-refractivity contribution in [2.24, 2.45) is 10.7 Å². The minimum Gasteiger partial charge on any atom is -0.444 e. The molecule has 2 heterocycles. The summed E-state index contributed by atoms with van der Waals surface area (Å²) in [5.74, 6) is -0.0900. The third-order valence-electron chi connectivity index (χ3n) is 3.99. The molecule has 1 fully saturated rings. The lowest BCUT2D eigenvalue weighted by Crippen LogP contribution is -2.40. The first kappa shape index (κ1) is 20.8. The van der Waals surface area contributed by atoms with Crippen LogP contribution in [0.15, 0.2) is 41.5 Å². The molecule has 1 saturated heterocycles. The molecule has 1 aromatic carbocycles. The van der Waals surface area contributed by atoms with Crippen molar-refractivity contribution in [2.75, 3.05) is 13.2 Å². The second-order valence-electron chi connectivity index (χ2n) is 7.69. The molecule has 0 spiro atoms. The highest BCUT2D eigenvalue weighted by Crippen LogP contribution is 2.34. The second-order valence-corrected chi connectivity index (χ2v) is 7.69. The Labute approximate surface area is 170 Å². The van der Waals surface area contributed by atoms with Crippen LogP contribution >= 0.6 is 0 Å². The number of rotatable bonds is 3. The molecular formula is C21H26N4O4. The summed E-state index contributed by atoms with van der Waals surface area (Å²) in [7, 11) is 0. The minimum atomic E-state index is -0.676. The highest BCUT2D eigenvalue weighted by atomic mass is 16.7. The zero-order chi connectivity index (χ0) is 21.0. The Morgan fingerprint density at radius 2 is 1.97 bits per heavy atom. The van der Waals surface area contributed by atoms with Crippen LogP contribution < -0.4 is 11.1 Å². The van der Waals surface area contributed by atoms with Crippen molar-refractivity contribution in [3.63, 3.8) is 0 Å². The maximum Gasteiger partial charge on any atom is 0.414 e. The minimum absolute atomic E-state index is 0.0900. The van der Waals surface area contributed by atoms with Gasteiger partial charge in [-0.05, 0) is 51.5 Å². The predicted octanol–water partition coefficient (Wildman–Crippen LogP) is 3.57. The first-order valence-corrected chi connectivity index (χ1v) is 9.35. The molecule has 154 valence electrons. The molecule has 0 atom stereocenters. The molecular weight excluding hydrogens is 372 g/mol. The Hall–Kier alpha value is -2.97. The molecule has 8 heteroatoms. The summed E-state index contributed by atoms with van der Waals surface area (Å²) in [4.78, 5) is 20.8. The van der Waals surface area contributed by atoms with E-state index in [0.29, 0.717) is 24.5 Å². The number of alkyl carbamates (subject to hydrolysis) is 1. The van der Waals surface area contributed by atoms with E-state index in [2.05, 4.69) is 15.3 Å². The Bertz CT molecular complexity index is 915. The molecule has 1 aliphatic heterocycles. The number of carbonyl (C=O) groups excluding carboxylic acids is 1. The Morgan fingerprint density at radius 1 is 1.24 bits per heavy atom. The van der Waals surface area contributed by atoms with E-state index in [9.17, 15) is 4.79 Å². The highest BCUT2D eigenvalue weighted by molar-refractivity contribution is 5.94. The maximum absolute atomic E-state index is 12.0. The standard InChI is InChI=1S/C21H26N4O4/c1-13-7-8-23-16(11-13)14-5-6-15(18-27-9-10-28-18)17(12-14)24-19(22)25-20(26)29-21(2,3)4/h5-8,11-12,18H,9-10H2,1-4H3,(H3,22,24,25,26). The number of guanidine groups is 1. The van der Waals surface area contributed by atoms with Gasteiger partial charge in [0.25, 0.3) is 0 Å². The molecule has 3 N–H and O–H groups in total. The molecule has 1 amide bonds. The number of amides is 1. The fraction of sp³-hybridized carbons (Fsp3) is 0.381. The number of aliphatic imine (C=N–C) groups is 1. The average Bonchev–Trinajstić information content (AvgIpc) is 3.14. The number of hydrogen-bond acceptors (Lipinski definition) is 6. The van der Waals surface area contributed by atoms with E-state index in [1.165, 1.54) is 0 Å². The van der Waals surface area contributed by atoms with E-state index in [0.717, 1.165) is 16.8 Å². The van der Waals surface area contributed by atoms with Gasteiger partial charge >= 0.3 is 6.09 Å². The van der Waals surface area contributed by atoms with E-state index in [4.69, 9.17) is 19.9 Å². The van der Waals surface area contributed by atoms with Crippen LogP contribution in [0.5, 0.6) is 0 Å². The molecule has 1 aromatic heterocycles. The Morgan fingerprint density at radius 3 is 2.62 bits per heavy atom. The van der Waals surface area contributed by atoms with Crippen LogP contribution in [0, 0.1) is 6.92 Å². The molecule has 3 rings (SSSR count).